The molecule has 1 amide bonds. The van der Waals surface area contributed by atoms with E-state index in [2.05, 4.69) is 69.0 Å². The molecule has 0 aliphatic heterocycles. The number of rotatable bonds is 1. The summed E-state index contributed by atoms with van der Waals surface area (Å²) < 4.78 is 2.94. The molecule has 6 heteroatoms. The predicted molar refractivity (Wildman–Crippen MR) is 84.9 cm³/mol. The fourth-order valence-electron chi connectivity index (χ4n) is 1.65. The van der Waals surface area contributed by atoms with Crippen LogP contribution in [0.2, 0.25) is 0 Å². The van der Waals surface area contributed by atoms with Gasteiger partial charge in [0.25, 0.3) is 0 Å². The number of benzene rings is 1. The zero-order valence-electron chi connectivity index (χ0n) is 8.65. The Morgan fingerprint density at radius 3 is 2.53 bits per heavy atom. The molecule has 17 heavy (non-hydrogen) atoms. The minimum atomic E-state index is -0.0850. The number of carbonyl (C=O) groups is 1. The number of nitrogens with one attached hydrogen (secondary N) is 1. The summed E-state index contributed by atoms with van der Waals surface area (Å²) in [6.45, 7) is 1.49. The summed E-state index contributed by atoms with van der Waals surface area (Å²) in [5.41, 5.74) is 3.01. The van der Waals surface area contributed by atoms with Gasteiger partial charge in [0, 0.05) is 20.4 Å². The van der Waals surface area contributed by atoms with Crippen LogP contribution in [0.25, 0.3) is 4.48 Å². The molecule has 0 saturated carbocycles. The Morgan fingerprint density at radius 2 is 1.94 bits per heavy atom. The zero-order chi connectivity index (χ0) is 12.7. The van der Waals surface area contributed by atoms with Gasteiger partial charge in [-0.15, -0.1) is 0 Å². The quantitative estimate of drug-likeness (QED) is 0.533. The Balaban J connectivity index is 2.54. The lowest BCUT2D eigenvalue weighted by atomic mass is 10.1. The molecule has 0 bridgehead atoms. The molecule has 0 aromatic heterocycles. The summed E-state index contributed by atoms with van der Waals surface area (Å²) in [5.74, 6) is -0.0850. The first-order chi connectivity index (χ1) is 7.91. The third kappa shape index (κ3) is 2.55. The molecular weight excluding hydrogens is 482 g/mol. The third-order valence-corrected chi connectivity index (χ3v) is 6.85. The molecule has 0 spiro atoms. The van der Waals surface area contributed by atoms with Crippen LogP contribution in [0.3, 0.4) is 0 Å². The normalized spacial score (nSPS) is 18.3. The van der Waals surface area contributed by atoms with Gasteiger partial charge in [-0.05, 0) is 55.1 Å². The lowest BCUT2D eigenvalue weighted by Gasteiger charge is -2.10. The summed E-state index contributed by atoms with van der Waals surface area (Å²) in [6.07, 6.45) is 0. The van der Waals surface area contributed by atoms with Crippen LogP contribution in [0.4, 0.5) is 5.69 Å². The maximum absolute atomic E-state index is 11.1. The lowest BCUT2D eigenvalue weighted by Crippen LogP contribution is -2.07. The molecule has 1 aromatic rings. The van der Waals surface area contributed by atoms with Crippen LogP contribution in [0.1, 0.15) is 22.9 Å². The standard InChI is InChI=1S/C11H7Br4NO/c1-4(17)16-8-3-6-5(2-7(8)12)9(13)11(15)10(6)14/h2-3,9H,1H3,(H,16,17)/t9-/m0/s1. The number of anilines is 1. The zero-order valence-corrected chi connectivity index (χ0v) is 15.0. The number of amides is 1. The number of hydrogen-bond donors (Lipinski definition) is 1. The molecule has 0 radical (unpaired) electrons. The Kier molecular flexibility index (Phi) is 4.17. The number of alkyl halides is 1. The summed E-state index contributed by atoms with van der Waals surface area (Å²) >= 11 is 14.1. The fraction of sp³-hybridized carbons (Fsp3) is 0.182. The van der Waals surface area contributed by atoms with Crippen LogP contribution in [-0.2, 0) is 4.79 Å². The van der Waals surface area contributed by atoms with Crippen LogP contribution >= 0.6 is 63.7 Å². The Bertz CT molecular complexity index is 539. The van der Waals surface area contributed by atoms with Gasteiger partial charge >= 0.3 is 0 Å². The van der Waals surface area contributed by atoms with E-state index >= 15 is 0 Å². The second kappa shape index (κ2) is 5.15. The molecule has 1 aliphatic carbocycles. The van der Waals surface area contributed by atoms with E-state index in [9.17, 15) is 4.79 Å². The molecule has 1 N–H and O–H groups in total. The second-order valence-corrected chi connectivity index (χ2v) is 7.04. The van der Waals surface area contributed by atoms with Gasteiger partial charge in [0.2, 0.25) is 5.91 Å². The Morgan fingerprint density at radius 1 is 1.29 bits per heavy atom. The molecule has 1 atom stereocenters. The number of carbonyl (C=O) groups excluding carboxylic acids is 1. The van der Waals surface area contributed by atoms with E-state index in [1.807, 2.05) is 12.1 Å². The minimum Gasteiger partial charge on any atom is -0.325 e. The molecule has 0 fully saturated rings. The first-order valence-electron chi connectivity index (χ1n) is 4.72. The van der Waals surface area contributed by atoms with E-state index in [4.69, 9.17) is 0 Å². The predicted octanol–water partition coefficient (Wildman–Crippen LogP) is 5.32. The lowest BCUT2D eigenvalue weighted by molar-refractivity contribution is -0.114. The minimum absolute atomic E-state index is 0.0850. The fourth-order valence-corrected chi connectivity index (χ4v) is 4.06. The topological polar surface area (TPSA) is 29.1 Å². The van der Waals surface area contributed by atoms with Gasteiger partial charge in [0.1, 0.15) is 0 Å². The molecule has 0 unspecified atom stereocenters. The van der Waals surface area contributed by atoms with E-state index in [0.717, 1.165) is 30.3 Å². The van der Waals surface area contributed by atoms with E-state index in [0.29, 0.717) is 0 Å². The van der Waals surface area contributed by atoms with Crippen molar-refractivity contribution in [2.24, 2.45) is 0 Å². The van der Waals surface area contributed by atoms with Crippen LogP contribution in [0.15, 0.2) is 21.1 Å². The Labute approximate surface area is 133 Å². The maximum Gasteiger partial charge on any atom is 0.221 e. The van der Waals surface area contributed by atoms with Crippen molar-refractivity contribution >= 4 is 79.8 Å². The summed E-state index contributed by atoms with van der Waals surface area (Å²) in [4.78, 5) is 11.2. The van der Waals surface area contributed by atoms with Crippen molar-refractivity contribution in [3.8, 4) is 0 Å². The summed E-state index contributed by atoms with van der Waals surface area (Å²) in [6, 6.07) is 3.96. The van der Waals surface area contributed by atoms with E-state index < -0.39 is 0 Å². The molecule has 90 valence electrons. The number of halogens is 4. The molecule has 0 heterocycles. The van der Waals surface area contributed by atoms with Crippen molar-refractivity contribution in [3.05, 3.63) is 32.2 Å². The van der Waals surface area contributed by atoms with Gasteiger partial charge in [0.15, 0.2) is 0 Å². The van der Waals surface area contributed by atoms with E-state index in [1.54, 1.807) is 0 Å². The van der Waals surface area contributed by atoms with Crippen molar-refractivity contribution in [2.75, 3.05) is 5.32 Å². The van der Waals surface area contributed by atoms with Gasteiger partial charge in [-0.3, -0.25) is 4.79 Å². The highest BCUT2D eigenvalue weighted by atomic mass is 79.9. The Hall–Kier alpha value is 0.350. The summed E-state index contributed by atoms with van der Waals surface area (Å²) in [7, 11) is 0. The molecular formula is C11H7Br4NO. The van der Waals surface area contributed by atoms with E-state index in [1.165, 1.54) is 6.92 Å². The first-order valence-corrected chi connectivity index (χ1v) is 8.02. The number of fused-ring (bicyclic) bond motifs is 1. The molecule has 1 aromatic carbocycles. The molecule has 1 aliphatic rings. The van der Waals surface area contributed by atoms with Crippen LogP contribution in [-0.4, -0.2) is 5.91 Å². The van der Waals surface area contributed by atoms with Crippen LogP contribution < -0.4 is 5.32 Å². The van der Waals surface area contributed by atoms with Crippen LogP contribution in [0, 0.1) is 0 Å². The average molecular weight is 489 g/mol. The molecule has 2 rings (SSSR count). The smallest absolute Gasteiger partial charge is 0.221 e. The van der Waals surface area contributed by atoms with Gasteiger partial charge in [-0.2, -0.15) is 0 Å². The molecule has 2 nitrogen and oxygen atoms in total. The van der Waals surface area contributed by atoms with Gasteiger partial charge < -0.3 is 5.32 Å². The molecule has 0 saturated heterocycles. The van der Waals surface area contributed by atoms with Crippen molar-refractivity contribution in [2.45, 2.75) is 11.8 Å². The van der Waals surface area contributed by atoms with Gasteiger partial charge in [-0.1, -0.05) is 31.9 Å². The SMILES string of the molecule is CC(=O)Nc1cc2c(cc1Br)[C@H](Br)C(Br)=C2Br. The monoisotopic (exact) mass is 485 g/mol. The first kappa shape index (κ1) is 13.8. The van der Waals surface area contributed by atoms with Crippen molar-refractivity contribution in [3.63, 3.8) is 0 Å². The van der Waals surface area contributed by atoms with Gasteiger partial charge in [0.05, 0.1) is 10.5 Å². The largest absolute Gasteiger partial charge is 0.325 e. The third-order valence-electron chi connectivity index (χ3n) is 2.39. The highest BCUT2D eigenvalue weighted by Crippen LogP contribution is 2.52. The van der Waals surface area contributed by atoms with Crippen molar-refractivity contribution < 1.29 is 4.79 Å². The van der Waals surface area contributed by atoms with E-state index in [-0.39, 0.29) is 10.7 Å². The van der Waals surface area contributed by atoms with Crippen molar-refractivity contribution in [1.82, 2.24) is 0 Å². The van der Waals surface area contributed by atoms with Crippen LogP contribution in [0.5, 0.6) is 0 Å². The second-order valence-electron chi connectivity index (χ2n) is 3.62. The number of hydrogen-bond acceptors (Lipinski definition) is 1. The summed E-state index contributed by atoms with van der Waals surface area (Å²) in [5, 5.41) is 2.79. The maximum atomic E-state index is 11.1. The highest BCUT2D eigenvalue weighted by molar-refractivity contribution is 9.17. The highest BCUT2D eigenvalue weighted by Gasteiger charge is 2.28. The van der Waals surface area contributed by atoms with Crippen molar-refractivity contribution in [1.29, 1.82) is 0 Å². The average Bonchev–Trinajstić information content (AvgIpc) is 2.45. The van der Waals surface area contributed by atoms with Gasteiger partial charge in [-0.25, -0.2) is 0 Å². The number of allylic oxidation sites excluding steroid dienone is 1.